The molecule has 0 unspecified atom stereocenters. The maximum absolute atomic E-state index is 4.95. The van der Waals surface area contributed by atoms with Crippen molar-refractivity contribution >= 4 is 17.2 Å². The Hall–Kier alpha value is -0.150. The number of rotatable bonds is 4. The Morgan fingerprint density at radius 2 is 1.71 bits per heavy atom. The highest BCUT2D eigenvalue weighted by Crippen LogP contribution is 2.13. The van der Waals surface area contributed by atoms with E-state index in [0.29, 0.717) is 0 Å². The maximum atomic E-state index is 4.95. The Balaban J connectivity index is 0. The number of hydrogen-bond donors (Lipinski definition) is 1. The fraction of sp³-hybridized carbons (Fsp3) is 0.909. The van der Waals surface area contributed by atoms with Gasteiger partial charge in [0, 0.05) is 13.1 Å². The summed E-state index contributed by atoms with van der Waals surface area (Å²) < 4.78 is 0. The van der Waals surface area contributed by atoms with Crippen LogP contribution in [0.25, 0.3) is 0 Å². The first kappa shape index (κ1) is 16.3. The van der Waals surface area contributed by atoms with E-state index in [-0.39, 0.29) is 5.41 Å². The summed E-state index contributed by atoms with van der Waals surface area (Å²) in [6.07, 6.45) is 0. The third-order valence-corrected chi connectivity index (χ3v) is 1.70. The van der Waals surface area contributed by atoms with Crippen molar-refractivity contribution in [3.05, 3.63) is 0 Å². The summed E-state index contributed by atoms with van der Waals surface area (Å²) in [6.45, 7) is 12.4. The van der Waals surface area contributed by atoms with E-state index in [1.165, 1.54) is 0 Å². The molecule has 0 aromatic rings. The molecule has 0 bridgehead atoms. The molecule has 86 valence electrons. The van der Waals surface area contributed by atoms with E-state index < -0.39 is 0 Å². The van der Waals surface area contributed by atoms with Gasteiger partial charge >= 0.3 is 0 Å². The van der Waals surface area contributed by atoms with Gasteiger partial charge in [-0.05, 0) is 26.4 Å². The Kier molecular flexibility index (Phi) is 9.52. The molecule has 0 fully saturated rings. The van der Waals surface area contributed by atoms with E-state index >= 15 is 0 Å². The van der Waals surface area contributed by atoms with Gasteiger partial charge in [0.2, 0.25) is 0 Å². The van der Waals surface area contributed by atoms with Crippen LogP contribution in [0.15, 0.2) is 0 Å². The predicted molar refractivity (Wildman–Crippen MR) is 70.0 cm³/mol. The first-order valence-electron chi connectivity index (χ1n) is 5.23. The molecule has 2 nitrogen and oxygen atoms in total. The number of nitrogens with one attached hydrogen (secondary N) is 1. The monoisotopic (exact) mass is 218 g/mol. The van der Waals surface area contributed by atoms with Gasteiger partial charge < -0.3 is 10.2 Å². The molecule has 0 aliphatic heterocycles. The third-order valence-electron chi connectivity index (χ3n) is 1.56. The van der Waals surface area contributed by atoms with E-state index in [2.05, 4.69) is 38.2 Å². The molecule has 3 heteroatoms. The lowest BCUT2D eigenvalue weighted by Crippen LogP contribution is -2.38. The predicted octanol–water partition coefficient (Wildman–Crippen LogP) is 2.54. The molecule has 0 rings (SSSR count). The van der Waals surface area contributed by atoms with Crippen molar-refractivity contribution in [3.63, 3.8) is 0 Å². The molecule has 0 amide bonds. The average Bonchev–Trinajstić information content (AvgIpc) is 2.03. The Morgan fingerprint density at radius 3 is 2.00 bits per heavy atom. The van der Waals surface area contributed by atoms with E-state index in [0.717, 1.165) is 18.1 Å². The van der Waals surface area contributed by atoms with Gasteiger partial charge in [-0.25, -0.2) is 0 Å². The molecule has 14 heavy (non-hydrogen) atoms. The lowest BCUT2D eigenvalue weighted by atomic mass is 9.93. The molecular formula is C11H26N2S. The van der Waals surface area contributed by atoms with Crippen LogP contribution < -0.4 is 5.32 Å². The van der Waals surface area contributed by atoms with Crippen molar-refractivity contribution in [2.75, 3.05) is 27.2 Å². The van der Waals surface area contributed by atoms with E-state index in [4.69, 9.17) is 12.2 Å². The SMILES string of the molecule is CC.CC(=S)NCC(C)(C)CN(C)C. The van der Waals surface area contributed by atoms with Gasteiger partial charge in [0.1, 0.15) is 0 Å². The fourth-order valence-electron chi connectivity index (χ4n) is 1.28. The first-order chi connectivity index (χ1) is 6.33. The van der Waals surface area contributed by atoms with Gasteiger partial charge in [0.25, 0.3) is 0 Å². The Morgan fingerprint density at radius 1 is 1.29 bits per heavy atom. The van der Waals surface area contributed by atoms with Crippen LogP contribution in [0.1, 0.15) is 34.6 Å². The molecular weight excluding hydrogens is 192 g/mol. The van der Waals surface area contributed by atoms with Gasteiger partial charge in [-0.2, -0.15) is 0 Å². The van der Waals surface area contributed by atoms with Crippen LogP contribution in [-0.2, 0) is 0 Å². The lowest BCUT2D eigenvalue weighted by Gasteiger charge is -2.28. The summed E-state index contributed by atoms with van der Waals surface area (Å²) in [5, 5.41) is 3.20. The van der Waals surface area contributed by atoms with Crippen molar-refractivity contribution in [1.82, 2.24) is 10.2 Å². The van der Waals surface area contributed by atoms with Crippen molar-refractivity contribution in [3.8, 4) is 0 Å². The van der Waals surface area contributed by atoms with Crippen molar-refractivity contribution < 1.29 is 0 Å². The highest BCUT2D eigenvalue weighted by atomic mass is 32.1. The molecule has 1 N–H and O–H groups in total. The molecule has 0 aliphatic carbocycles. The van der Waals surface area contributed by atoms with Gasteiger partial charge in [-0.1, -0.05) is 39.9 Å². The van der Waals surface area contributed by atoms with Crippen LogP contribution in [-0.4, -0.2) is 37.1 Å². The molecule has 0 spiro atoms. The van der Waals surface area contributed by atoms with Crippen molar-refractivity contribution in [2.45, 2.75) is 34.6 Å². The zero-order valence-electron chi connectivity index (χ0n) is 10.8. The quantitative estimate of drug-likeness (QED) is 0.730. The summed E-state index contributed by atoms with van der Waals surface area (Å²) in [4.78, 5) is 3.07. The van der Waals surface area contributed by atoms with Crippen LogP contribution in [0.2, 0.25) is 0 Å². The molecule has 0 aromatic heterocycles. The minimum Gasteiger partial charge on any atom is -0.379 e. The smallest absolute Gasteiger partial charge is 0.0722 e. The largest absolute Gasteiger partial charge is 0.379 e. The first-order valence-corrected chi connectivity index (χ1v) is 5.63. The molecule has 0 aromatic carbocycles. The van der Waals surface area contributed by atoms with Crippen LogP contribution in [0.5, 0.6) is 0 Å². The highest BCUT2D eigenvalue weighted by molar-refractivity contribution is 7.80. The zero-order valence-corrected chi connectivity index (χ0v) is 11.6. The van der Waals surface area contributed by atoms with Crippen LogP contribution >= 0.6 is 12.2 Å². The van der Waals surface area contributed by atoms with Crippen molar-refractivity contribution in [2.24, 2.45) is 5.41 Å². The normalized spacial score (nSPS) is 10.6. The second-order valence-corrected chi connectivity index (χ2v) is 4.92. The average molecular weight is 218 g/mol. The van der Waals surface area contributed by atoms with Gasteiger partial charge in [-0.3, -0.25) is 0 Å². The second kappa shape index (κ2) is 8.18. The van der Waals surface area contributed by atoms with Crippen molar-refractivity contribution in [1.29, 1.82) is 0 Å². The summed E-state index contributed by atoms with van der Waals surface area (Å²) in [7, 11) is 4.18. The van der Waals surface area contributed by atoms with E-state index in [9.17, 15) is 0 Å². The molecule has 0 heterocycles. The van der Waals surface area contributed by atoms with Gasteiger partial charge in [0.15, 0.2) is 0 Å². The van der Waals surface area contributed by atoms with Gasteiger partial charge in [-0.15, -0.1) is 0 Å². The topological polar surface area (TPSA) is 15.3 Å². The summed E-state index contributed by atoms with van der Waals surface area (Å²) in [5.41, 5.74) is 0.281. The highest BCUT2D eigenvalue weighted by Gasteiger charge is 2.18. The molecule has 0 radical (unpaired) electrons. The standard InChI is InChI=1S/C9H20N2S.C2H6/c1-8(12)10-6-9(2,3)7-11(4)5;1-2/h6-7H2,1-5H3,(H,10,12);1-2H3. The maximum Gasteiger partial charge on any atom is 0.0722 e. The molecule has 0 atom stereocenters. The summed E-state index contributed by atoms with van der Waals surface area (Å²) in [6, 6.07) is 0. The zero-order chi connectivity index (χ0) is 11.8. The molecule has 0 saturated carbocycles. The van der Waals surface area contributed by atoms with Crippen LogP contribution in [0.3, 0.4) is 0 Å². The number of nitrogens with zero attached hydrogens (tertiary/aromatic N) is 1. The lowest BCUT2D eigenvalue weighted by molar-refractivity contribution is 0.241. The number of hydrogen-bond acceptors (Lipinski definition) is 2. The minimum atomic E-state index is 0.281. The Labute approximate surface area is 95.1 Å². The minimum absolute atomic E-state index is 0.281. The summed E-state index contributed by atoms with van der Waals surface area (Å²) >= 11 is 4.95. The fourth-order valence-corrected chi connectivity index (χ4v) is 1.35. The van der Waals surface area contributed by atoms with E-state index in [1.807, 2.05) is 20.8 Å². The van der Waals surface area contributed by atoms with E-state index in [1.54, 1.807) is 0 Å². The van der Waals surface area contributed by atoms with Crippen LogP contribution in [0, 0.1) is 5.41 Å². The third kappa shape index (κ3) is 11.8. The van der Waals surface area contributed by atoms with Gasteiger partial charge in [0.05, 0.1) is 4.99 Å². The molecule has 0 aliphatic rings. The molecule has 0 saturated heterocycles. The Bertz CT molecular complexity index is 153. The second-order valence-electron chi connectivity index (χ2n) is 4.31. The van der Waals surface area contributed by atoms with Crippen LogP contribution in [0.4, 0.5) is 0 Å². The summed E-state index contributed by atoms with van der Waals surface area (Å²) in [5.74, 6) is 0. The number of thiocarbonyl (C=S) groups is 1.